The zero-order valence-corrected chi connectivity index (χ0v) is 15.9. The van der Waals surface area contributed by atoms with Gasteiger partial charge >= 0.3 is 5.97 Å². The van der Waals surface area contributed by atoms with Crippen molar-refractivity contribution in [3.05, 3.63) is 23.3 Å². The first-order valence-corrected chi connectivity index (χ1v) is 8.82. The van der Waals surface area contributed by atoms with E-state index in [-0.39, 0.29) is 18.4 Å². The fourth-order valence-corrected chi connectivity index (χ4v) is 3.21. The zero-order valence-electron chi connectivity index (χ0n) is 15.9. The van der Waals surface area contributed by atoms with Gasteiger partial charge in [0.25, 0.3) is 0 Å². The number of aliphatic carboxylic acids is 1. The van der Waals surface area contributed by atoms with E-state index >= 15 is 0 Å². The highest BCUT2D eigenvalue weighted by Crippen LogP contribution is 2.33. The van der Waals surface area contributed by atoms with Crippen LogP contribution >= 0.6 is 0 Å². The maximum absolute atomic E-state index is 12.3. The van der Waals surface area contributed by atoms with E-state index in [1.807, 2.05) is 30.9 Å². The lowest BCUT2D eigenvalue weighted by Crippen LogP contribution is -2.47. The van der Waals surface area contributed by atoms with Gasteiger partial charge in [-0.1, -0.05) is 13.8 Å². The van der Waals surface area contributed by atoms with Crippen LogP contribution in [0.5, 0.6) is 11.5 Å². The van der Waals surface area contributed by atoms with Gasteiger partial charge in [-0.2, -0.15) is 0 Å². The van der Waals surface area contributed by atoms with Gasteiger partial charge < -0.3 is 19.9 Å². The number of nitrogens with one attached hydrogen (secondary N) is 1. The first-order chi connectivity index (χ1) is 12.3. The average Bonchev–Trinajstić information content (AvgIpc) is 2.59. The molecule has 1 heterocycles. The molecular weight excluding hydrogens is 336 g/mol. The molecule has 144 valence electrons. The Bertz CT molecular complexity index is 660. The number of hydrogen-bond donors (Lipinski definition) is 2. The van der Waals surface area contributed by atoms with E-state index in [0.717, 1.165) is 18.5 Å². The van der Waals surface area contributed by atoms with Gasteiger partial charge in [0.1, 0.15) is 6.04 Å². The molecule has 0 aromatic heterocycles. The van der Waals surface area contributed by atoms with Crippen LogP contribution in [0.1, 0.15) is 31.4 Å². The number of carboxylic acid groups (broad SMARTS) is 1. The van der Waals surface area contributed by atoms with Gasteiger partial charge in [0.05, 0.1) is 20.8 Å². The molecule has 0 saturated carbocycles. The molecule has 26 heavy (non-hydrogen) atoms. The molecule has 2 rings (SSSR count). The van der Waals surface area contributed by atoms with Crippen LogP contribution in [0.2, 0.25) is 0 Å². The molecule has 0 spiro atoms. The van der Waals surface area contributed by atoms with Gasteiger partial charge in [-0.15, -0.1) is 0 Å². The first-order valence-electron chi connectivity index (χ1n) is 8.82. The molecule has 7 nitrogen and oxygen atoms in total. The largest absolute Gasteiger partial charge is 0.493 e. The molecule has 1 unspecified atom stereocenters. The highest BCUT2D eigenvalue weighted by atomic mass is 16.5. The SMILES string of the molecule is COc1cc2c(cc1OC)CN(CC(=O)NC(CC(C)C)C(=O)O)CC2. The van der Waals surface area contributed by atoms with E-state index in [1.165, 1.54) is 5.56 Å². The number of ether oxygens (including phenoxy) is 2. The number of amides is 1. The molecule has 0 saturated heterocycles. The third-order valence-corrected chi connectivity index (χ3v) is 4.50. The quantitative estimate of drug-likeness (QED) is 0.730. The summed E-state index contributed by atoms with van der Waals surface area (Å²) >= 11 is 0. The maximum Gasteiger partial charge on any atom is 0.326 e. The average molecular weight is 364 g/mol. The number of nitrogens with zero attached hydrogens (tertiary/aromatic N) is 1. The molecule has 2 N–H and O–H groups in total. The van der Waals surface area contributed by atoms with Crippen LogP contribution in [0.25, 0.3) is 0 Å². The normalized spacial score (nSPS) is 15.3. The fraction of sp³-hybridized carbons (Fsp3) is 0.579. The van der Waals surface area contributed by atoms with Gasteiger partial charge in [-0.05, 0) is 42.0 Å². The second-order valence-corrected chi connectivity index (χ2v) is 7.02. The minimum atomic E-state index is -0.993. The van der Waals surface area contributed by atoms with Gasteiger partial charge in [-0.3, -0.25) is 9.69 Å². The van der Waals surface area contributed by atoms with Crippen molar-refractivity contribution in [1.82, 2.24) is 10.2 Å². The maximum atomic E-state index is 12.3. The van der Waals surface area contributed by atoms with Gasteiger partial charge in [0, 0.05) is 13.1 Å². The molecule has 1 aliphatic rings. The Hall–Kier alpha value is -2.28. The van der Waals surface area contributed by atoms with Gasteiger partial charge in [-0.25, -0.2) is 4.79 Å². The van der Waals surface area contributed by atoms with Crippen LogP contribution in [-0.4, -0.2) is 55.2 Å². The zero-order chi connectivity index (χ0) is 19.3. The van der Waals surface area contributed by atoms with Crippen LogP contribution in [-0.2, 0) is 22.6 Å². The first kappa shape index (κ1) is 20.0. The molecule has 1 aromatic rings. The van der Waals surface area contributed by atoms with Gasteiger partial charge in [0.2, 0.25) is 5.91 Å². The van der Waals surface area contributed by atoms with Crippen LogP contribution < -0.4 is 14.8 Å². The molecule has 0 fully saturated rings. The Kier molecular flexibility index (Phi) is 6.85. The second kappa shape index (κ2) is 8.89. The topological polar surface area (TPSA) is 88.1 Å². The van der Waals surface area contributed by atoms with Crippen LogP contribution in [0.15, 0.2) is 12.1 Å². The molecule has 1 aromatic carbocycles. The Morgan fingerprint density at radius 1 is 1.19 bits per heavy atom. The van der Waals surface area contributed by atoms with Crippen molar-refractivity contribution in [2.45, 2.75) is 39.3 Å². The van der Waals surface area contributed by atoms with E-state index in [2.05, 4.69) is 5.32 Å². The van der Waals surface area contributed by atoms with Crippen molar-refractivity contribution in [2.24, 2.45) is 5.92 Å². The third kappa shape index (κ3) is 5.11. The minimum Gasteiger partial charge on any atom is -0.493 e. The molecule has 0 aliphatic carbocycles. The lowest BCUT2D eigenvalue weighted by Gasteiger charge is -2.29. The van der Waals surface area contributed by atoms with Crippen molar-refractivity contribution in [2.75, 3.05) is 27.3 Å². The van der Waals surface area contributed by atoms with E-state index < -0.39 is 12.0 Å². The molecule has 1 aliphatic heterocycles. The Balaban J connectivity index is 2.00. The van der Waals surface area contributed by atoms with Crippen molar-refractivity contribution in [3.63, 3.8) is 0 Å². The summed E-state index contributed by atoms with van der Waals surface area (Å²) < 4.78 is 10.7. The highest BCUT2D eigenvalue weighted by molar-refractivity contribution is 5.84. The summed E-state index contributed by atoms with van der Waals surface area (Å²) in [6.45, 7) is 5.40. The summed E-state index contributed by atoms with van der Waals surface area (Å²) in [6, 6.07) is 3.08. The van der Waals surface area contributed by atoms with Crippen LogP contribution in [0.4, 0.5) is 0 Å². The monoisotopic (exact) mass is 364 g/mol. The van der Waals surface area contributed by atoms with Gasteiger partial charge in [0.15, 0.2) is 11.5 Å². The minimum absolute atomic E-state index is 0.176. The molecule has 0 radical (unpaired) electrons. The van der Waals surface area contributed by atoms with Crippen molar-refractivity contribution >= 4 is 11.9 Å². The number of methoxy groups -OCH3 is 2. The molecule has 1 atom stereocenters. The second-order valence-electron chi connectivity index (χ2n) is 7.02. The Morgan fingerprint density at radius 3 is 2.35 bits per heavy atom. The number of rotatable bonds is 8. The summed E-state index contributed by atoms with van der Waals surface area (Å²) in [5, 5.41) is 11.9. The third-order valence-electron chi connectivity index (χ3n) is 4.50. The van der Waals surface area contributed by atoms with E-state index in [0.29, 0.717) is 24.5 Å². The van der Waals surface area contributed by atoms with Crippen molar-refractivity contribution in [1.29, 1.82) is 0 Å². The standard InChI is InChI=1S/C19H28N2O5/c1-12(2)7-15(19(23)24)20-18(22)11-21-6-5-13-8-16(25-3)17(26-4)9-14(13)10-21/h8-9,12,15H,5-7,10-11H2,1-4H3,(H,20,22)(H,23,24). The lowest BCUT2D eigenvalue weighted by atomic mass is 9.98. The molecular formula is C19H28N2O5. The predicted molar refractivity (Wildman–Crippen MR) is 97.5 cm³/mol. The highest BCUT2D eigenvalue weighted by Gasteiger charge is 2.24. The molecule has 1 amide bonds. The Labute approximate surface area is 154 Å². The Morgan fingerprint density at radius 2 is 1.81 bits per heavy atom. The summed E-state index contributed by atoms with van der Waals surface area (Å²) in [7, 11) is 3.21. The number of hydrogen-bond acceptors (Lipinski definition) is 5. The number of fused-ring (bicyclic) bond motifs is 1. The van der Waals surface area contributed by atoms with Crippen LogP contribution in [0, 0.1) is 5.92 Å². The number of benzene rings is 1. The van der Waals surface area contributed by atoms with Crippen molar-refractivity contribution in [3.8, 4) is 11.5 Å². The number of carbonyl (C=O) groups excluding carboxylic acids is 1. The lowest BCUT2D eigenvalue weighted by molar-refractivity contribution is -0.142. The summed E-state index contributed by atoms with van der Waals surface area (Å²) in [6.07, 6.45) is 1.22. The summed E-state index contributed by atoms with van der Waals surface area (Å²) in [5.74, 6) is 0.311. The number of carbonyl (C=O) groups is 2. The predicted octanol–water partition coefficient (Wildman–Crippen LogP) is 1.68. The van der Waals surface area contributed by atoms with Crippen LogP contribution in [0.3, 0.4) is 0 Å². The molecule has 7 heteroatoms. The fourth-order valence-electron chi connectivity index (χ4n) is 3.21. The van der Waals surface area contributed by atoms with E-state index in [4.69, 9.17) is 9.47 Å². The number of carboxylic acids is 1. The van der Waals surface area contributed by atoms with E-state index in [9.17, 15) is 14.7 Å². The summed E-state index contributed by atoms with van der Waals surface area (Å²) in [5.41, 5.74) is 2.28. The van der Waals surface area contributed by atoms with E-state index in [1.54, 1.807) is 14.2 Å². The van der Waals surface area contributed by atoms with Crippen molar-refractivity contribution < 1.29 is 24.2 Å². The molecule has 0 bridgehead atoms. The summed E-state index contributed by atoms with van der Waals surface area (Å²) in [4.78, 5) is 25.6. The smallest absolute Gasteiger partial charge is 0.326 e.